The van der Waals surface area contributed by atoms with E-state index in [4.69, 9.17) is 50.4 Å². The average molecular weight is 330 g/mol. The third-order valence-electron chi connectivity index (χ3n) is 1.35. The highest BCUT2D eigenvalue weighted by atomic mass is 16.4. The number of rotatable bonds is 4. The van der Waals surface area contributed by atoms with Crippen molar-refractivity contribution in [3.63, 3.8) is 0 Å². The van der Waals surface area contributed by atoms with Gasteiger partial charge in [-0.25, -0.2) is 24.0 Å². The van der Waals surface area contributed by atoms with Crippen molar-refractivity contribution < 1.29 is 64.8 Å². The first kappa shape index (κ1) is 24.3. The number of hydrogen-bond donors (Lipinski definition) is 8. The summed E-state index contributed by atoms with van der Waals surface area (Å²) in [4.78, 5) is 47.2. The zero-order valence-electron chi connectivity index (χ0n) is 10.9. The van der Waals surface area contributed by atoms with Crippen molar-refractivity contribution in [3.8, 4) is 0 Å². The van der Waals surface area contributed by atoms with Crippen molar-refractivity contribution in [1.82, 2.24) is 0 Å². The van der Waals surface area contributed by atoms with E-state index in [1.165, 1.54) is 6.92 Å². The Morgan fingerprint density at radius 1 is 0.591 bits per heavy atom. The molecule has 13 heteroatoms. The van der Waals surface area contributed by atoms with E-state index in [9.17, 15) is 14.4 Å². The van der Waals surface area contributed by atoms with Crippen LogP contribution in [0, 0.1) is 0 Å². The van der Waals surface area contributed by atoms with Crippen molar-refractivity contribution in [2.45, 2.75) is 25.2 Å². The maximum atomic E-state index is 9.77. The second-order valence-electron chi connectivity index (χ2n) is 3.19. The predicted octanol–water partition coefficient (Wildman–Crippen LogP) is -3.52. The number of carbonyl (C=O) groups is 5. The molecule has 0 aliphatic carbocycles. The van der Waals surface area contributed by atoms with Gasteiger partial charge in [-0.15, -0.1) is 0 Å². The molecule has 0 spiro atoms. The van der Waals surface area contributed by atoms with Crippen LogP contribution in [0.5, 0.6) is 0 Å². The van der Waals surface area contributed by atoms with Gasteiger partial charge in [-0.2, -0.15) is 0 Å². The van der Waals surface area contributed by atoms with E-state index < -0.39 is 48.2 Å². The highest BCUT2D eigenvalue weighted by Crippen LogP contribution is 1.92. The van der Waals surface area contributed by atoms with E-state index in [0.717, 1.165) is 0 Å². The van der Waals surface area contributed by atoms with Gasteiger partial charge in [0.25, 0.3) is 0 Å². The zero-order chi connectivity index (χ0) is 18.6. The van der Waals surface area contributed by atoms with Crippen LogP contribution in [0.25, 0.3) is 0 Å². The smallest absolute Gasteiger partial charge is 0.414 e. The van der Waals surface area contributed by atoms with Crippen LogP contribution in [0.1, 0.15) is 6.92 Å². The van der Waals surface area contributed by atoms with Crippen molar-refractivity contribution in [3.05, 3.63) is 0 Å². The summed E-state index contributed by atoms with van der Waals surface area (Å²) in [5.41, 5.74) is 0. The Bertz CT molecular complexity index is 382. The maximum Gasteiger partial charge on any atom is 0.414 e. The fraction of sp³-hybridized carbons (Fsp3) is 0.444. The zero-order valence-corrected chi connectivity index (χ0v) is 10.9. The van der Waals surface area contributed by atoms with E-state index in [2.05, 4.69) is 0 Å². The van der Waals surface area contributed by atoms with Gasteiger partial charge in [0, 0.05) is 0 Å². The molecule has 0 amide bonds. The summed E-state index contributed by atoms with van der Waals surface area (Å²) < 4.78 is 0. The quantitative estimate of drug-likeness (QED) is 0.233. The molecule has 0 aromatic heterocycles. The van der Waals surface area contributed by atoms with E-state index >= 15 is 0 Å². The fourth-order valence-corrected chi connectivity index (χ4v) is 0.270. The van der Waals surface area contributed by atoms with Crippen molar-refractivity contribution in [2.24, 2.45) is 0 Å². The molecule has 0 aromatic rings. The third-order valence-corrected chi connectivity index (χ3v) is 1.35. The van der Waals surface area contributed by atoms with Crippen molar-refractivity contribution >= 4 is 29.8 Å². The number of hydrogen-bond acceptors (Lipinski definition) is 8. The van der Waals surface area contributed by atoms with Crippen LogP contribution in [0.2, 0.25) is 0 Å². The number of aliphatic hydroxyl groups excluding tert-OH is 3. The van der Waals surface area contributed by atoms with Crippen LogP contribution >= 0.6 is 0 Å². The molecule has 0 radical (unpaired) electrons. The summed E-state index contributed by atoms with van der Waals surface area (Å²) in [5, 5.41) is 63.1. The van der Waals surface area contributed by atoms with Gasteiger partial charge in [0.2, 0.25) is 0 Å². The molecule has 0 fully saturated rings. The molecule has 3 atom stereocenters. The molecule has 22 heavy (non-hydrogen) atoms. The number of aliphatic carboxylic acids is 5. The van der Waals surface area contributed by atoms with Gasteiger partial charge in [0.05, 0.1) is 0 Å². The molecule has 0 aliphatic rings. The SMILES string of the molecule is CC(O)C(=O)O.O=C(O)C(=O)O.O=C(O)C(O)C(O)C(=O)O. The highest BCUT2D eigenvalue weighted by Gasteiger charge is 2.29. The standard InChI is InChI=1S/C4H6O6.C3H6O3.C2H2O4/c5-1(3(7)8)2(6)4(9)10;1-2(4)3(5)6;3-1(4)2(5)6/h1-2,5-6H,(H,7,8)(H,9,10);2,4H,1H3,(H,5,6);(H,3,4)(H,5,6). The lowest BCUT2D eigenvalue weighted by Crippen LogP contribution is -2.39. The lowest BCUT2D eigenvalue weighted by atomic mass is 10.2. The van der Waals surface area contributed by atoms with Gasteiger partial charge in [-0.05, 0) is 6.92 Å². The number of carboxylic acids is 5. The van der Waals surface area contributed by atoms with E-state index in [-0.39, 0.29) is 0 Å². The van der Waals surface area contributed by atoms with Gasteiger partial charge in [0.15, 0.2) is 12.2 Å². The highest BCUT2D eigenvalue weighted by molar-refractivity contribution is 6.27. The van der Waals surface area contributed by atoms with Gasteiger partial charge in [-0.3, -0.25) is 0 Å². The summed E-state index contributed by atoms with van der Waals surface area (Å²) in [6, 6.07) is 0. The number of aliphatic hydroxyl groups is 3. The largest absolute Gasteiger partial charge is 0.479 e. The summed E-state index contributed by atoms with van der Waals surface area (Å²) in [6.45, 7) is 1.20. The van der Waals surface area contributed by atoms with Gasteiger partial charge >= 0.3 is 29.8 Å². The second kappa shape index (κ2) is 12.0. The molecule has 0 aliphatic heterocycles. The molecular formula is C9H14O13. The first-order chi connectivity index (χ1) is 9.75. The Hall–Kier alpha value is -2.77. The van der Waals surface area contributed by atoms with Crippen LogP contribution < -0.4 is 0 Å². The minimum atomic E-state index is -2.27. The monoisotopic (exact) mass is 330 g/mol. The molecule has 128 valence electrons. The summed E-state index contributed by atoms with van der Waals surface area (Å²) in [5.74, 6) is -8.37. The molecule has 0 rings (SSSR count). The first-order valence-corrected chi connectivity index (χ1v) is 4.94. The Morgan fingerprint density at radius 3 is 0.818 bits per heavy atom. The van der Waals surface area contributed by atoms with Crippen LogP contribution in [0.4, 0.5) is 0 Å². The molecule has 13 nitrogen and oxygen atoms in total. The molecule has 0 aromatic carbocycles. The first-order valence-electron chi connectivity index (χ1n) is 4.94. The summed E-state index contributed by atoms with van der Waals surface area (Å²) >= 11 is 0. The van der Waals surface area contributed by atoms with E-state index in [0.29, 0.717) is 0 Å². The average Bonchev–Trinajstić information content (AvgIpc) is 2.37. The Labute approximate surface area is 121 Å². The fourth-order valence-electron chi connectivity index (χ4n) is 0.270. The summed E-state index contributed by atoms with van der Waals surface area (Å²) in [6.07, 6.45) is -5.76. The second-order valence-corrected chi connectivity index (χ2v) is 3.19. The van der Waals surface area contributed by atoms with Crippen molar-refractivity contribution in [1.29, 1.82) is 0 Å². The molecule has 0 saturated heterocycles. The van der Waals surface area contributed by atoms with Gasteiger partial charge in [0.1, 0.15) is 6.10 Å². The lowest BCUT2D eigenvalue weighted by Gasteiger charge is -2.07. The molecule has 0 bridgehead atoms. The Kier molecular flexibility index (Phi) is 13.2. The lowest BCUT2D eigenvalue weighted by molar-refractivity contribution is -0.165. The predicted molar refractivity (Wildman–Crippen MR) is 61.9 cm³/mol. The Balaban J connectivity index is -0.000000261. The van der Waals surface area contributed by atoms with Crippen molar-refractivity contribution in [2.75, 3.05) is 0 Å². The van der Waals surface area contributed by atoms with E-state index in [1.807, 2.05) is 0 Å². The normalized spacial score (nSPS) is 12.9. The minimum Gasteiger partial charge on any atom is -0.479 e. The van der Waals surface area contributed by atoms with Gasteiger partial charge < -0.3 is 40.9 Å². The van der Waals surface area contributed by atoms with Crippen LogP contribution in [0.3, 0.4) is 0 Å². The summed E-state index contributed by atoms with van der Waals surface area (Å²) in [7, 11) is 0. The molecule has 0 heterocycles. The molecule has 8 N–H and O–H groups in total. The van der Waals surface area contributed by atoms with Crippen LogP contribution in [-0.2, 0) is 24.0 Å². The molecule has 0 saturated carbocycles. The molecule has 3 unspecified atom stereocenters. The number of carboxylic acid groups (broad SMARTS) is 5. The van der Waals surface area contributed by atoms with E-state index in [1.54, 1.807) is 0 Å². The third kappa shape index (κ3) is 15.3. The van der Waals surface area contributed by atoms with Crippen LogP contribution in [0.15, 0.2) is 0 Å². The van der Waals surface area contributed by atoms with Gasteiger partial charge in [-0.1, -0.05) is 0 Å². The minimum absolute atomic E-state index is 1.19. The molecular weight excluding hydrogens is 316 g/mol. The Morgan fingerprint density at radius 2 is 0.773 bits per heavy atom. The maximum absolute atomic E-state index is 9.77. The van der Waals surface area contributed by atoms with Crippen LogP contribution in [-0.4, -0.2) is 89.0 Å². The topological polar surface area (TPSA) is 247 Å².